The first-order valence-corrected chi connectivity index (χ1v) is 14.4. The van der Waals surface area contributed by atoms with Crippen LogP contribution in [-0.2, 0) is 16.1 Å². The molecule has 3 heterocycles. The SMILES string of the molecule is C=CCn1c(SCC(=O)Nc2scc(-c3ccc(C)cc3)c2C(=O)OC)nnc1-c1csc2ccccc12. The molecule has 0 saturated heterocycles. The van der Waals surface area contributed by atoms with Crippen LogP contribution in [0.2, 0.25) is 0 Å². The van der Waals surface area contributed by atoms with Crippen LogP contribution in [-0.4, -0.2) is 39.5 Å². The van der Waals surface area contributed by atoms with E-state index in [1.165, 1.54) is 34.9 Å². The summed E-state index contributed by atoms with van der Waals surface area (Å²) in [5, 5.41) is 17.8. The average Bonchev–Trinajstić information content (AvgIpc) is 3.65. The molecule has 0 radical (unpaired) electrons. The van der Waals surface area contributed by atoms with Gasteiger partial charge in [-0.1, -0.05) is 65.9 Å². The number of methoxy groups -OCH3 is 1. The Morgan fingerprint density at radius 3 is 2.61 bits per heavy atom. The molecular weight excluding hydrogens is 537 g/mol. The molecule has 0 aliphatic rings. The summed E-state index contributed by atoms with van der Waals surface area (Å²) < 4.78 is 8.16. The van der Waals surface area contributed by atoms with Gasteiger partial charge < -0.3 is 10.1 Å². The lowest BCUT2D eigenvalue weighted by Gasteiger charge is -2.09. The van der Waals surface area contributed by atoms with Gasteiger partial charge in [0.25, 0.3) is 0 Å². The molecule has 0 fully saturated rings. The topological polar surface area (TPSA) is 86.1 Å². The Morgan fingerprint density at radius 2 is 1.84 bits per heavy atom. The highest BCUT2D eigenvalue weighted by atomic mass is 32.2. The Bertz CT molecular complexity index is 1630. The predicted molar refractivity (Wildman–Crippen MR) is 156 cm³/mol. The molecule has 3 aromatic heterocycles. The van der Waals surface area contributed by atoms with Crippen molar-refractivity contribution in [1.29, 1.82) is 0 Å². The minimum Gasteiger partial charge on any atom is -0.465 e. The van der Waals surface area contributed by atoms with Gasteiger partial charge in [0, 0.05) is 38.5 Å². The third-order valence-corrected chi connectivity index (χ3v) is 8.70. The number of ether oxygens (including phenoxy) is 1. The first-order valence-electron chi connectivity index (χ1n) is 11.7. The minimum atomic E-state index is -0.497. The lowest BCUT2D eigenvalue weighted by atomic mass is 10.0. The number of thiophene rings is 2. The first kappa shape index (κ1) is 25.9. The van der Waals surface area contributed by atoms with E-state index in [1.807, 2.05) is 53.3 Å². The van der Waals surface area contributed by atoms with Gasteiger partial charge in [-0.15, -0.1) is 39.4 Å². The van der Waals surface area contributed by atoms with E-state index in [9.17, 15) is 9.59 Å². The maximum atomic E-state index is 13.0. The van der Waals surface area contributed by atoms with Gasteiger partial charge in [0.05, 0.1) is 12.9 Å². The van der Waals surface area contributed by atoms with Crippen molar-refractivity contribution in [3.63, 3.8) is 0 Å². The number of thioether (sulfide) groups is 1. The number of aromatic nitrogens is 3. The maximum Gasteiger partial charge on any atom is 0.341 e. The Morgan fingerprint density at radius 1 is 1.08 bits per heavy atom. The van der Waals surface area contributed by atoms with E-state index >= 15 is 0 Å². The van der Waals surface area contributed by atoms with E-state index in [4.69, 9.17) is 4.74 Å². The molecule has 5 aromatic rings. The molecular formula is C28H24N4O3S3. The van der Waals surface area contributed by atoms with Crippen molar-refractivity contribution in [2.45, 2.75) is 18.6 Å². The van der Waals surface area contributed by atoms with Gasteiger partial charge in [-0.05, 0) is 18.6 Å². The van der Waals surface area contributed by atoms with Crippen molar-refractivity contribution in [2.24, 2.45) is 0 Å². The Balaban J connectivity index is 1.35. The summed E-state index contributed by atoms with van der Waals surface area (Å²) in [6.07, 6.45) is 1.78. The smallest absolute Gasteiger partial charge is 0.341 e. The highest BCUT2D eigenvalue weighted by Crippen LogP contribution is 2.37. The number of hydrogen-bond donors (Lipinski definition) is 1. The van der Waals surface area contributed by atoms with Crippen molar-refractivity contribution in [3.8, 4) is 22.5 Å². The molecule has 38 heavy (non-hydrogen) atoms. The van der Waals surface area contributed by atoms with Crippen LogP contribution in [0.25, 0.3) is 32.6 Å². The fourth-order valence-corrected chi connectivity index (χ4v) is 6.69. The summed E-state index contributed by atoms with van der Waals surface area (Å²) in [4.78, 5) is 25.6. The summed E-state index contributed by atoms with van der Waals surface area (Å²) in [7, 11) is 1.33. The van der Waals surface area contributed by atoms with Crippen LogP contribution in [0, 0.1) is 6.92 Å². The average molecular weight is 561 g/mol. The molecule has 0 saturated carbocycles. The highest BCUT2D eigenvalue weighted by molar-refractivity contribution is 7.99. The quantitative estimate of drug-likeness (QED) is 0.120. The summed E-state index contributed by atoms with van der Waals surface area (Å²) in [5.41, 5.74) is 4.08. The van der Waals surface area contributed by atoms with Crippen molar-refractivity contribution >= 4 is 61.4 Å². The van der Waals surface area contributed by atoms with Crippen molar-refractivity contribution in [3.05, 3.63) is 83.1 Å². The molecule has 7 nitrogen and oxygen atoms in total. The van der Waals surface area contributed by atoms with Crippen LogP contribution >= 0.6 is 34.4 Å². The summed E-state index contributed by atoms with van der Waals surface area (Å²) in [5.74, 6) is 0.0772. The molecule has 0 atom stereocenters. The Hall–Kier alpha value is -3.73. The number of esters is 1. The monoisotopic (exact) mass is 560 g/mol. The normalized spacial score (nSPS) is 11.0. The Labute approximate surface area is 232 Å². The zero-order valence-electron chi connectivity index (χ0n) is 20.8. The van der Waals surface area contributed by atoms with Gasteiger partial charge in [0.2, 0.25) is 5.91 Å². The van der Waals surface area contributed by atoms with Crippen LogP contribution in [0.3, 0.4) is 0 Å². The molecule has 0 spiro atoms. The number of nitrogens with one attached hydrogen (secondary N) is 1. The number of aryl methyl sites for hydroxylation is 1. The van der Waals surface area contributed by atoms with Crippen LogP contribution in [0.1, 0.15) is 15.9 Å². The van der Waals surface area contributed by atoms with E-state index in [-0.39, 0.29) is 11.7 Å². The number of rotatable bonds is 9. The number of benzene rings is 2. The van der Waals surface area contributed by atoms with Gasteiger partial charge in [0.15, 0.2) is 11.0 Å². The molecule has 10 heteroatoms. The van der Waals surface area contributed by atoms with E-state index in [0.717, 1.165) is 33.5 Å². The first-order chi connectivity index (χ1) is 18.5. The molecule has 2 aromatic carbocycles. The third-order valence-electron chi connectivity index (χ3n) is 5.88. The lowest BCUT2D eigenvalue weighted by molar-refractivity contribution is -0.113. The molecule has 5 rings (SSSR count). The number of amides is 1. The number of nitrogens with zero attached hydrogens (tertiary/aromatic N) is 3. The number of carbonyl (C=O) groups excluding carboxylic acids is 2. The van der Waals surface area contributed by atoms with Gasteiger partial charge in [-0.2, -0.15) is 0 Å². The van der Waals surface area contributed by atoms with Crippen LogP contribution in [0.5, 0.6) is 0 Å². The summed E-state index contributed by atoms with van der Waals surface area (Å²) in [6.45, 7) is 6.39. The van der Waals surface area contributed by atoms with Crippen LogP contribution in [0.15, 0.2) is 77.1 Å². The number of carbonyl (C=O) groups is 2. The van der Waals surface area contributed by atoms with Gasteiger partial charge in [-0.25, -0.2) is 4.79 Å². The molecule has 0 bridgehead atoms. The van der Waals surface area contributed by atoms with E-state index in [1.54, 1.807) is 17.4 Å². The summed E-state index contributed by atoms with van der Waals surface area (Å²) >= 11 is 4.24. The van der Waals surface area contributed by atoms with E-state index in [2.05, 4.69) is 39.6 Å². The molecule has 1 N–H and O–H groups in total. The van der Waals surface area contributed by atoms with Gasteiger partial charge in [0.1, 0.15) is 10.6 Å². The van der Waals surface area contributed by atoms with Crippen molar-refractivity contribution < 1.29 is 14.3 Å². The number of anilines is 1. The van der Waals surface area contributed by atoms with E-state index < -0.39 is 5.97 Å². The molecule has 0 aliphatic carbocycles. The number of allylic oxidation sites excluding steroid dienone is 1. The standard InChI is InChI=1S/C28H24N4O3S3/c1-4-13-32-25(21-15-36-22-8-6-5-7-19(21)22)30-31-28(32)38-16-23(33)29-26-24(27(34)35-3)20(14-37-26)18-11-9-17(2)10-12-18/h4-12,14-15H,1,13,16H2,2-3H3,(H,29,33). The highest BCUT2D eigenvalue weighted by Gasteiger charge is 2.23. The van der Waals surface area contributed by atoms with Gasteiger partial charge in [-0.3, -0.25) is 9.36 Å². The van der Waals surface area contributed by atoms with Crippen molar-refractivity contribution in [1.82, 2.24) is 14.8 Å². The number of hydrogen-bond acceptors (Lipinski definition) is 8. The molecule has 192 valence electrons. The molecule has 1 amide bonds. The Kier molecular flexibility index (Phi) is 7.73. The maximum absolute atomic E-state index is 13.0. The predicted octanol–water partition coefficient (Wildman–Crippen LogP) is 6.90. The second kappa shape index (κ2) is 11.3. The van der Waals surface area contributed by atoms with Crippen LogP contribution < -0.4 is 5.32 Å². The fourth-order valence-electron chi connectivity index (χ4n) is 4.03. The minimum absolute atomic E-state index is 0.0953. The largest absolute Gasteiger partial charge is 0.465 e. The second-order valence-corrected chi connectivity index (χ2v) is 11.1. The third kappa shape index (κ3) is 5.15. The zero-order chi connectivity index (χ0) is 26.6. The zero-order valence-corrected chi connectivity index (χ0v) is 23.2. The number of fused-ring (bicyclic) bond motifs is 1. The molecule has 0 unspecified atom stereocenters. The lowest BCUT2D eigenvalue weighted by Crippen LogP contribution is -2.16. The van der Waals surface area contributed by atoms with E-state index in [0.29, 0.717) is 22.3 Å². The molecule has 0 aliphatic heterocycles. The summed E-state index contributed by atoms with van der Waals surface area (Å²) in [6, 6.07) is 16.0. The van der Waals surface area contributed by atoms with Crippen molar-refractivity contribution in [2.75, 3.05) is 18.2 Å². The van der Waals surface area contributed by atoms with Crippen LogP contribution in [0.4, 0.5) is 5.00 Å². The second-order valence-electron chi connectivity index (χ2n) is 8.40. The van der Waals surface area contributed by atoms with Gasteiger partial charge >= 0.3 is 5.97 Å². The fraction of sp³-hybridized carbons (Fsp3) is 0.143.